The number of aryl methyl sites for hydroxylation is 2. The molecular weight excluding hydrogens is 296 g/mol. The zero-order chi connectivity index (χ0) is 16.4. The largest absolute Gasteiger partial charge is 0.436 e. The predicted octanol–water partition coefficient (Wildman–Crippen LogP) is 4.86. The van der Waals surface area contributed by atoms with E-state index in [1.165, 1.54) is 5.56 Å². The molecule has 4 rings (SSSR count). The molecule has 0 saturated heterocycles. The molecule has 0 unspecified atom stereocenters. The Kier molecular flexibility index (Phi) is 3.75. The van der Waals surface area contributed by atoms with Gasteiger partial charge in [-0.15, -0.1) is 0 Å². The Hall–Kier alpha value is -3.07. The maximum absolute atomic E-state index is 6.25. The van der Waals surface area contributed by atoms with Crippen molar-refractivity contribution in [3.05, 3.63) is 83.9 Å². The van der Waals surface area contributed by atoms with E-state index in [2.05, 4.69) is 35.3 Å². The first-order valence-corrected chi connectivity index (χ1v) is 8.08. The lowest BCUT2D eigenvalue weighted by atomic mass is 10.0. The zero-order valence-corrected chi connectivity index (χ0v) is 13.3. The van der Waals surface area contributed by atoms with E-state index in [-0.39, 0.29) is 0 Å². The Morgan fingerprint density at radius 1 is 0.833 bits per heavy atom. The van der Waals surface area contributed by atoms with Crippen LogP contribution in [0.4, 0.5) is 5.69 Å². The van der Waals surface area contributed by atoms with Crippen molar-refractivity contribution in [3.63, 3.8) is 0 Å². The summed E-state index contributed by atoms with van der Waals surface area (Å²) in [7, 11) is 0. The van der Waals surface area contributed by atoms with Crippen LogP contribution in [0.3, 0.4) is 0 Å². The lowest BCUT2D eigenvalue weighted by molar-refractivity contribution is 0.620. The standard InChI is InChI=1S/C21H18N2O/c22-18-14-17(21-23-19-8-4-5-9-20(19)24-21)13-12-16(18)11-10-15-6-2-1-3-7-15/h1-9,12-14H,10-11,22H2. The first-order valence-electron chi connectivity index (χ1n) is 8.08. The van der Waals surface area contributed by atoms with Gasteiger partial charge in [-0.25, -0.2) is 4.98 Å². The van der Waals surface area contributed by atoms with Gasteiger partial charge in [-0.2, -0.15) is 0 Å². The minimum Gasteiger partial charge on any atom is -0.436 e. The van der Waals surface area contributed by atoms with Gasteiger partial charge in [0.25, 0.3) is 0 Å². The van der Waals surface area contributed by atoms with Gasteiger partial charge >= 0.3 is 0 Å². The molecule has 118 valence electrons. The van der Waals surface area contributed by atoms with Gasteiger partial charge in [0.15, 0.2) is 5.58 Å². The van der Waals surface area contributed by atoms with Crippen LogP contribution in [0.2, 0.25) is 0 Å². The van der Waals surface area contributed by atoms with Gasteiger partial charge in [-0.05, 0) is 48.2 Å². The molecule has 24 heavy (non-hydrogen) atoms. The average molecular weight is 314 g/mol. The van der Waals surface area contributed by atoms with Crippen LogP contribution in [0.5, 0.6) is 0 Å². The van der Waals surface area contributed by atoms with Crippen molar-refractivity contribution >= 4 is 16.8 Å². The fourth-order valence-corrected chi connectivity index (χ4v) is 2.88. The minimum absolute atomic E-state index is 0.609. The van der Waals surface area contributed by atoms with Crippen LogP contribution in [-0.4, -0.2) is 4.98 Å². The van der Waals surface area contributed by atoms with E-state index in [0.717, 1.165) is 40.8 Å². The number of nitrogens with zero attached hydrogens (tertiary/aromatic N) is 1. The highest BCUT2D eigenvalue weighted by Gasteiger charge is 2.09. The van der Waals surface area contributed by atoms with Gasteiger partial charge in [-0.1, -0.05) is 48.5 Å². The molecule has 0 spiro atoms. The highest BCUT2D eigenvalue weighted by molar-refractivity contribution is 5.76. The summed E-state index contributed by atoms with van der Waals surface area (Å²) in [5, 5.41) is 0. The number of fused-ring (bicyclic) bond motifs is 1. The van der Waals surface area contributed by atoms with Crippen LogP contribution in [-0.2, 0) is 12.8 Å². The van der Waals surface area contributed by atoms with Crippen molar-refractivity contribution in [2.24, 2.45) is 0 Å². The molecule has 3 heteroatoms. The summed E-state index contributed by atoms with van der Waals surface area (Å²) in [5.41, 5.74) is 12.1. The van der Waals surface area contributed by atoms with Gasteiger partial charge in [0.05, 0.1) is 0 Å². The van der Waals surface area contributed by atoms with E-state index in [1.807, 2.05) is 42.5 Å². The van der Waals surface area contributed by atoms with Gasteiger partial charge in [0.1, 0.15) is 5.52 Å². The lowest BCUT2D eigenvalue weighted by Gasteiger charge is -2.07. The number of para-hydroxylation sites is 2. The summed E-state index contributed by atoms with van der Waals surface area (Å²) in [6.07, 6.45) is 1.90. The van der Waals surface area contributed by atoms with Crippen molar-refractivity contribution < 1.29 is 4.42 Å². The molecule has 0 fully saturated rings. The summed E-state index contributed by atoms with van der Waals surface area (Å²) in [4.78, 5) is 4.53. The number of hydrogen-bond donors (Lipinski definition) is 1. The first-order chi connectivity index (χ1) is 11.8. The van der Waals surface area contributed by atoms with Crippen LogP contribution in [0.15, 0.2) is 77.2 Å². The second kappa shape index (κ2) is 6.20. The van der Waals surface area contributed by atoms with E-state index in [1.54, 1.807) is 0 Å². The average Bonchev–Trinajstić information content (AvgIpc) is 3.06. The number of hydrogen-bond acceptors (Lipinski definition) is 3. The Balaban J connectivity index is 1.57. The molecular formula is C21H18N2O. The van der Waals surface area contributed by atoms with Crippen molar-refractivity contribution in [1.82, 2.24) is 4.98 Å². The zero-order valence-electron chi connectivity index (χ0n) is 13.3. The first kappa shape index (κ1) is 14.5. The van der Waals surface area contributed by atoms with Crippen LogP contribution in [0.25, 0.3) is 22.6 Å². The van der Waals surface area contributed by atoms with E-state index < -0.39 is 0 Å². The maximum atomic E-state index is 6.25. The molecule has 3 nitrogen and oxygen atoms in total. The van der Waals surface area contributed by atoms with Crippen LogP contribution in [0, 0.1) is 0 Å². The third-order valence-electron chi connectivity index (χ3n) is 4.21. The normalized spacial score (nSPS) is 11.0. The molecule has 1 heterocycles. The molecule has 1 aromatic heterocycles. The van der Waals surface area contributed by atoms with Crippen molar-refractivity contribution in [3.8, 4) is 11.5 Å². The predicted molar refractivity (Wildman–Crippen MR) is 97.7 cm³/mol. The fraction of sp³-hybridized carbons (Fsp3) is 0.0952. The van der Waals surface area contributed by atoms with Gasteiger partial charge in [0.2, 0.25) is 5.89 Å². The van der Waals surface area contributed by atoms with Crippen LogP contribution < -0.4 is 5.73 Å². The second-order valence-corrected chi connectivity index (χ2v) is 5.89. The fourth-order valence-electron chi connectivity index (χ4n) is 2.88. The van der Waals surface area contributed by atoms with Gasteiger partial charge < -0.3 is 10.2 Å². The lowest BCUT2D eigenvalue weighted by Crippen LogP contribution is -1.97. The molecule has 0 aliphatic rings. The molecule has 0 atom stereocenters. The summed E-state index contributed by atoms with van der Waals surface area (Å²) in [6.45, 7) is 0. The second-order valence-electron chi connectivity index (χ2n) is 5.89. The van der Waals surface area contributed by atoms with Gasteiger partial charge in [-0.3, -0.25) is 0 Å². The molecule has 0 aliphatic heterocycles. The molecule has 0 saturated carbocycles. The Morgan fingerprint density at radius 2 is 1.62 bits per heavy atom. The smallest absolute Gasteiger partial charge is 0.227 e. The monoisotopic (exact) mass is 314 g/mol. The Morgan fingerprint density at radius 3 is 2.42 bits per heavy atom. The third-order valence-corrected chi connectivity index (χ3v) is 4.21. The highest BCUT2D eigenvalue weighted by Crippen LogP contribution is 2.27. The topological polar surface area (TPSA) is 52.0 Å². The number of oxazole rings is 1. The van der Waals surface area contributed by atoms with Crippen molar-refractivity contribution in [1.29, 1.82) is 0 Å². The maximum Gasteiger partial charge on any atom is 0.227 e. The molecule has 2 N–H and O–H groups in total. The third kappa shape index (κ3) is 2.88. The van der Waals surface area contributed by atoms with Crippen molar-refractivity contribution in [2.75, 3.05) is 5.73 Å². The van der Waals surface area contributed by atoms with Crippen molar-refractivity contribution in [2.45, 2.75) is 12.8 Å². The molecule has 0 bridgehead atoms. The van der Waals surface area contributed by atoms with Gasteiger partial charge in [0, 0.05) is 11.3 Å². The molecule has 4 aromatic rings. The summed E-state index contributed by atoms with van der Waals surface area (Å²) < 4.78 is 5.81. The number of aromatic nitrogens is 1. The molecule has 3 aromatic carbocycles. The number of anilines is 1. The quantitative estimate of drug-likeness (QED) is 0.547. The minimum atomic E-state index is 0.609. The highest BCUT2D eigenvalue weighted by atomic mass is 16.3. The molecule has 0 radical (unpaired) electrons. The van der Waals surface area contributed by atoms with Crippen LogP contribution in [0.1, 0.15) is 11.1 Å². The number of nitrogens with two attached hydrogens (primary N) is 1. The number of nitrogen functional groups attached to an aromatic ring is 1. The summed E-state index contributed by atoms with van der Waals surface area (Å²) >= 11 is 0. The van der Waals surface area contributed by atoms with E-state index in [0.29, 0.717) is 5.89 Å². The van der Waals surface area contributed by atoms with E-state index >= 15 is 0 Å². The number of rotatable bonds is 4. The summed E-state index contributed by atoms with van der Waals surface area (Å²) in [5.74, 6) is 0.609. The summed E-state index contributed by atoms with van der Waals surface area (Å²) in [6, 6.07) is 24.3. The van der Waals surface area contributed by atoms with E-state index in [9.17, 15) is 0 Å². The molecule has 0 aliphatic carbocycles. The van der Waals surface area contributed by atoms with Crippen LogP contribution >= 0.6 is 0 Å². The van der Waals surface area contributed by atoms with E-state index in [4.69, 9.17) is 10.2 Å². The molecule has 0 amide bonds. The Bertz CT molecular complexity index is 940. The Labute approximate surface area is 140 Å². The SMILES string of the molecule is Nc1cc(-c2nc3ccccc3o2)ccc1CCc1ccccc1. The number of benzene rings is 3.